The summed E-state index contributed by atoms with van der Waals surface area (Å²) in [4.78, 5) is 2.08. The Labute approximate surface area is 95.2 Å². The van der Waals surface area contributed by atoms with Crippen LogP contribution in [0.25, 0.3) is 0 Å². The number of rotatable bonds is 2. The fourth-order valence-corrected chi connectivity index (χ4v) is 1.96. The lowest BCUT2D eigenvalue weighted by Crippen LogP contribution is -2.28. The Hall–Kier alpha value is -1.29. The Morgan fingerprint density at radius 3 is 2.94 bits per heavy atom. The van der Waals surface area contributed by atoms with E-state index in [4.69, 9.17) is 4.74 Å². The van der Waals surface area contributed by atoms with Crippen molar-refractivity contribution < 1.29 is 9.13 Å². The summed E-state index contributed by atoms with van der Waals surface area (Å²) in [5.74, 6) is 0.357. The minimum absolute atomic E-state index is 0.207. The van der Waals surface area contributed by atoms with Crippen LogP contribution in [0.3, 0.4) is 0 Å². The molecule has 2 rings (SSSR count). The van der Waals surface area contributed by atoms with Crippen LogP contribution in [0.1, 0.15) is 6.42 Å². The first-order chi connectivity index (χ1) is 7.81. The van der Waals surface area contributed by atoms with Gasteiger partial charge in [-0.15, -0.1) is 0 Å². The third-order valence-electron chi connectivity index (χ3n) is 2.84. The largest absolute Gasteiger partial charge is 0.497 e. The number of anilines is 1. The molecule has 0 radical (unpaired) electrons. The molecule has 4 heteroatoms. The molecule has 1 aromatic carbocycles. The van der Waals surface area contributed by atoms with Crippen molar-refractivity contribution in [3.8, 4) is 5.75 Å². The normalized spacial score (nSPS) is 17.0. The van der Waals surface area contributed by atoms with Crippen LogP contribution >= 0.6 is 0 Å². The minimum atomic E-state index is -0.207. The first-order valence-electron chi connectivity index (χ1n) is 5.60. The van der Waals surface area contributed by atoms with Crippen molar-refractivity contribution in [2.24, 2.45) is 0 Å². The van der Waals surface area contributed by atoms with Gasteiger partial charge in [-0.05, 0) is 25.1 Å². The van der Waals surface area contributed by atoms with Crippen molar-refractivity contribution in [1.82, 2.24) is 5.32 Å². The summed E-state index contributed by atoms with van der Waals surface area (Å²) in [6.07, 6.45) is 1.05. The molecule has 0 spiro atoms. The van der Waals surface area contributed by atoms with Gasteiger partial charge in [0.05, 0.1) is 12.8 Å². The molecule has 3 nitrogen and oxygen atoms in total. The van der Waals surface area contributed by atoms with Crippen molar-refractivity contribution in [3.63, 3.8) is 0 Å². The fourth-order valence-electron chi connectivity index (χ4n) is 1.96. The van der Waals surface area contributed by atoms with Crippen LogP contribution in [0.2, 0.25) is 0 Å². The molecule has 1 heterocycles. The lowest BCUT2D eigenvalue weighted by molar-refractivity contribution is 0.411. The molecule has 0 aliphatic carbocycles. The zero-order valence-electron chi connectivity index (χ0n) is 9.50. The Morgan fingerprint density at radius 2 is 2.19 bits per heavy atom. The van der Waals surface area contributed by atoms with Gasteiger partial charge in [0.15, 0.2) is 0 Å². The highest BCUT2D eigenvalue weighted by Gasteiger charge is 2.13. The van der Waals surface area contributed by atoms with Gasteiger partial charge in [-0.1, -0.05) is 0 Å². The number of hydrogen-bond acceptors (Lipinski definition) is 3. The predicted octanol–water partition coefficient (Wildman–Crippen LogP) is 1.63. The van der Waals surface area contributed by atoms with Gasteiger partial charge in [-0.3, -0.25) is 0 Å². The molecule has 0 amide bonds. The zero-order valence-corrected chi connectivity index (χ0v) is 9.50. The van der Waals surface area contributed by atoms with Crippen LogP contribution in [-0.4, -0.2) is 33.3 Å². The summed E-state index contributed by atoms with van der Waals surface area (Å²) < 4.78 is 18.8. The van der Waals surface area contributed by atoms with Gasteiger partial charge in [0.2, 0.25) is 0 Å². The zero-order chi connectivity index (χ0) is 11.4. The number of halogens is 1. The van der Waals surface area contributed by atoms with E-state index >= 15 is 0 Å². The maximum atomic E-state index is 13.8. The molecule has 1 N–H and O–H groups in total. The minimum Gasteiger partial charge on any atom is -0.497 e. The fraction of sp³-hybridized carbons (Fsp3) is 0.500. The molecule has 0 atom stereocenters. The van der Waals surface area contributed by atoms with E-state index < -0.39 is 0 Å². The van der Waals surface area contributed by atoms with E-state index in [0.717, 1.165) is 32.6 Å². The number of nitrogens with one attached hydrogen (secondary N) is 1. The number of methoxy groups -OCH3 is 1. The van der Waals surface area contributed by atoms with E-state index in [9.17, 15) is 4.39 Å². The molecule has 1 aromatic rings. The van der Waals surface area contributed by atoms with Gasteiger partial charge < -0.3 is 15.0 Å². The van der Waals surface area contributed by atoms with Crippen LogP contribution in [0.5, 0.6) is 5.75 Å². The Balaban J connectivity index is 2.18. The van der Waals surface area contributed by atoms with Gasteiger partial charge in [0.1, 0.15) is 11.6 Å². The van der Waals surface area contributed by atoms with Crippen molar-refractivity contribution in [1.29, 1.82) is 0 Å². The summed E-state index contributed by atoms with van der Waals surface area (Å²) in [6.45, 7) is 3.67. The molecular weight excluding hydrogens is 207 g/mol. The number of nitrogens with zero attached hydrogens (tertiary/aromatic N) is 1. The summed E-state index contributed by atoms with van der Waals surface area (Å²) >= 11 is 0. The molecule has 0 saturated carbocycles. The summed E-state index contributed by atoms with van der Waals surface area (Å²) in [5, 5.41) is 3.30. The van der Waals surface area contributed by atoms with Crippen molar-refractivity contribution >= 4 is 5.69 Å². The summed E-state index contributed by atoms with van der Waals surface area (Å²) in [5.41, 5.74) is 0.671. The molecule has 1 aliphatic heterocycles. The summed E-state index contributed by atoms with van der Waals surface area (Å²) in [6, 6.07) is 5.03. The van der Waals surface area contributed by atoms with Gasteiger partial charge in [0, 0.05) is 25.7 Å². The van der Waals surface area contributed by atoms with Crippen LogP contribution in [-0.2, 0) is 0 Å². The van der Waals surface area contributed by atoms with Crippen molar-refractivity contribution in [3.05, 3.63) is 24.0 Å². The van der Waals surface area contributed by atoms with E-state index in [-0.39, 0.29) is 5.82 Å². The Bertz CT molecular complexity index is 349. The third kappa shape index (κ3) is 2.44. The third-order valence-corrected chi connectivity index (χ3v) is 2.84. The van der Waals surface area contributed by atoms with E-state index in [2.05, 4.69) is 10.2 Å². The molecular formula is C12H17FN2O. The molecule has 1 fully saturated rings. The topological polar surface area (TPSA) is 24.5 Å². The Kier molecular flexibility index (Phi) is 3.62. The van der Waals surface area contributed by atoms with E-state index in [1.165, 1.54) is 6.07 Å². The molecule has 16 heavy (non-hydrogen) atoms. The van der Waals surface area contributed by atoms with Gasteiger partial charge in [0.25, 0.3) is 0 Å². The summed E-state index contributed by atoms with van der Waals surface area (Å²) in [7, 11) is 1.55. The highest BCUT2D eigenvalue weighted by atomic mass is 19.1. The van der Waals surface area contributed by atoms with E-state index in [0.29, 0.717) is 11.4 Å². The highest BCUT2D eigenvalue weighted by molar-refractivity contribution is 5.50. The maximum Gasteiger partial charge on any atom is 0.150 e. The first kappa shape index (κ1) is 11.2. The van der Waals surface area contributed by atoms with Crippen LogP contribution in [0.15, 0.2) is 18.2 Å². The number of benzene rings is 1. The number of ether oxygens (including phenoxy) is 1. The molecule has 0 unspecified atom stereocenters. The predicted molar refractivity (Wildman–Crippen MR) is 62.7 cm³/mol. The van der Waals surface area contributed by atoms with Gasteiger partial charge >= 0.3 is 0 Å². The molecule has 0 aromatic heterocycles. The molecule has 1 aliphatic rings. The lowest BCUT2D eigenvalue weighted by atomic mass is 10.2. The van der Waals surface area contributed by atoms with E-state index in [1.54, 1.807) is 19.2 Å². The number of hydrogen-bond donors (Lipinski definition) is 1. The second-order valence-corrected chi connectivity index (χ2v) is 3.91. The smallest absolute Gasteiger partial charge is 0.150 e. The van der Waals surface area contributed by atoms with Crippen LogP contribution in [0, 0.1) is 5.82 Å². The lowest BCUT2D eigenvalue weighted by Gasteiger charge is -2.22. The quantitative estimate of drug-likeness (QED) is 0.826. The highest BCUT2D eigenvalue weighted by Crippen LogP contribution is 2.24. The first-order valence-corrected chi connectivity index (χ1v) is 5.60. The van der Waals surface area contributed by atoms with Gasteiger partial charge in [-0.2, -0.15) is 0 Å². The van der Waals surface area contributed by atoms with Crippen LogP contribution < -0.4 is 15.0 Å². The average Bonchev–Trinajstić information content (AvgIpc) is 2.57. The standard InChI is InChI=1S/C12H17FN2O/c1-16-10-3-4-12(11(13)9-10)15-7-2-5-14-6-8-15/h3-4,9,14H,2,5-8H2,1H3. The monoisotopic (exact) mass is 224 g/mol. The van der Waals surface area contributed by atoms with Crippen molar-refractivity contribution in [2.75, 3.05) is 38.2 Å². The Morgan fingerprint density at radius 1 is 1.31 bits per heavy atom. The SMILES string of the molecule is COc1ccc(N2CCCNCC2)c(F)c1. The molecule has 88 valence electrons. The molecule has 0 bridgehead atoms. The van der Waals surface area contributed by atoms with Crippen molar-refractivity contribution in [2.45, 2.75) is 6.42 Å². The second-order valence-electron chi connectivity index (χ2n) is 3.91. The average molecular weight is 224 g/mol. The van der Waals surface area contributed by atoms with Gasteiger partial charge in [-0.25, -0.2) is 4.39 Å². The van der Waals surface area contributed by atoms with E-state index in [1.807, 2.05) is 0 Å². The van der Waals surface area contributed by atoms with Crippen LogP contribution in [0.4, 0.5) is 10.1 Å². The second kappa shape index (κ2) is 5.16. The maximum absolute atomic E-state index is 13.8. The molecule has 1 saturated heterocycles.